The lowest BCUT2D eigenvalue weighted by molar-refractivity contribution is -0.143. The molecule has 6 heteroatoms. The smallest absolute Gasteiger partial charge is 0.306 e. The van der Waals surface area contributed by atoms with Gasteiger partial charge in [-0.3, -0.25) is 14.4 Å². The van der Waals surface area contributed by atoms with E-state index < -0.39 is 5.97 Å². The average molecular weight is 461 g/mol. The van der Waals surface area contributed by atoms with Crippen LogP contribution in [0, 0.1) is 23.7 Å². The standard InChI is InChI=1S/C18H24O4.C9H16O2/c1-21-16-7-3-13(4-8-16)11-14-5-9-17(19)15(12-14)6-10-18(20)22-2;1-7(9(10)11)8-5-3-2-4-6-8/h3-4,7-8,14-15H,5-6,9-12H2,1-2H3;7-8H,2-6H2,1H3,(H,10,11). The molecule has 184 valence electrons. The van der Waals surface area contributed by atoms with E-state index in [9.17, 15) is 14.4 Å². The first-order valence-corrected chi connectivity index (χ1v) is 12.3. The zero-order valence-electron chi connectivity index (χ0n) is 20.4. The number of ketones is 1. The molecule has 6 nitrogen and oxygen atoms in total. The highest BCUT2D eigenvalue weighted by Crippen LogP contribution is 2.32. The number of carbonyl (C=O) groups excluding carboxylic acids is 2. The number of Topliss-reactive ketones (excluding diaryl/α,β-unsaturated/α-hetero) is 1. The number of aliphatic carboxylic acids is 1. The van der Waals surface area contributed by atoms with Gasteiger partial charge in [0.05, 0.1) is 20.1 Å². The van der Waals surface area contributed by atoms with E-state index in [1.807, 2.05) is 19.1 Å². The fourth-order valence-corrected chi connectivity index (χ4v) is 4.99. The number of hydrogen-bond acceptors (Lipinski definition) is 5. The van der Waals surface area contributed by atoms with Gasteiger partial charge in [-0.25, -0.2) is 0 Å². The molecular weight excluding hydrogens is 420 g/mol. The Kier molecular flexibility index (Phi) is 11.4. The highest BCUT2D eigenvalue weighted by atomic mass is 16.5. The van der Waals surface area contributed by atoms with Crippen molar-refractivity contribution in [1.82, 2.24) is 0 Å². The third-order valence-corrected chi connectivity index (χ3v) is 7.23. The summed E-state index contributed by atoms with van der Waals surface area (Å²) in [6.45, 7) is 1.83. The zero-order chi connectivity index (χ0) is 24.2. The molecule has 1 aromatic rings. The number of carbonyl (C=O) groups is 3. The van der Waals surface area contributed by atoms with Crippen molar-refractivity contribution in [1.29, 1.82) is 0 Å². The zero-order valence-corrected chi connectivity index (χ0v) is 20.4. The number of rotatable bonds is 8. The van der Waals surface area contributed by atoms with E-state index in [4.69, 9.17) is 9.84 Å². The summed E-state index contributed by atoms with van der Waals surface area (Å²) in [6, 6.07) is 8.10. The summed E-state index contributed by atoms with van der Waals surface area (Å²) in [5, 5.41) is 8.73. The van der Waals surface area contributed by atoms with Gasteiger partial charge in [-0.05, 0) is 68.1 Å². The summed E-state index contributed by atoms with van der Waals surface area (Å²) < 4.78 is 9.83. The lowest BCUT2D eigenvalue weighted by Gasteiger charge is -2.28. The van der Waals surface area contributed by atoms with Gasteiger partial charge in [0.15, 0.2) is 0 Å². The van der Waals surface area contributed by atoms with Crippen LogP contribution in [-0.2, 0) is 25.5 Å². The van der Waals surface area contributed by atoms with Gasteiger partial charge < -0.3 is 14.6 Å². The summed E-state index contributed by atoms with van der Waals surface area (Å²) >= 11 is 0. The Balaban J connectivity index is 0.000000294. The Hall–Kier alpha value is -2.37. The number of benzene rings is 1. The Labute approximate surface area is 198 Å². The van der Waals surface area contributed by atoms with Gasteiger partial charge >= 0.3 is 11.9 Å². The van der Waals surface area contributed by atoms with Crippen LogP contribution in [0.4, 0.5) is 0 Å². The fourth-order valence-electron chi connectivity index (χ4n) is 4.99. The van der Waals surface area contributed by atoms with Crippen molar-refractivity contribution in [2.24, 2.45) is 23.7 Å². The lowest BCUT2D eigenvalue weighted by Crippen LogP contribution is -2.26. The molecule has 0 saturated heterocycles. The fraction of sp³-hybridized carbons (Fsp3) is 0.667. The Morgan fingerprint density at radius 1 is 1.06 bits per heavy atom. The van der Waals surface area contributed by atoms with Crippen LogP contribution in [0.25, 0.3) is 0 Å². The van der Waals surface area contributed by atoms with Crippen LogP contribution >= 0.6 is 0 Å². The highest BCUT2D eigenvalue weighted by molar-refractivity contribution is 5.82. The number of methoxy groups -OCH3 is 2. The summed E-state index contributed by atoms with van der Waals surface area (Å²) in [5.74, 6) is 1.14. The van der Waals surface area contributed by atoms with Gasteiger partial charge in [0, 0.05) is 18.8 Å². The van der Waals surface area contributed by atoms with E-state index in [-0.39, 0.29) is 17.8 Å². The topological polar surface area (TPSA) is 89.9 Å². The maximum atomic E-state index is 12.0. The molecule has 3 atom stereocenters. The molecule has 3 unspecified atom stereocenters. The molecule has 3 rings (SSSR count). The second kappa shape index (κ2) is 14.0. The molecule has 33 heavy (non-hydrogen) atoms. The van der Waals surface area contributed by atoms with Crippen LogP contribution in [0.15, 0.2) is 24.3 Å². The first kappa shape index (κ1) is 26.9. The largest absolute Gasteiger partial charge is 0.497 e. The normalized spacial score (nSPS) is 22.0. The Morgan fingerprint density at radius 3 is 2.30 bits per heavy atom. The third kappa shape index (κ3) is 9.18. The van der Waals surface area contributed by atoms with Gasteiger partial charge in [0.25, 0.3) is 0 Å². The number of esters is 1. The maximum absolute atomic E-state index is 12.0. The molecule has 2 aliphatic carbocycles. The van der Waals surface area contributed by atoms with Gasteiger partial charge in [0.1, 0.15) is 11.5 Å². The molecule has 1 N–H and O–H groups in total. The number of carboxylic acids is 1. The van der Waals surface area contributed by atoms with Crippen LogP contribution in [0.1, 0.15) is 76.7 Å². The van der Waals surface area contributed by atoms with E-state index >= 15 is 0 Å². The summed E-state index contributed by atoms with van der Waals surface area (Å²) in [5.41, 5.74) is 1.27. The van der Waals surface area contributed by atoms with Crippen LogP contribution in [0.3, 0.4) is 0 Å². The van der Waals surface area contributed by atoms with Crippen molar-refractivity contribution in [2.45, 2.75) is 77.6 Å². The van der Waals surface area contributed by atoms with E-state index in [1.54, 1.807) is 7.11 Å². The van der Waals surface area contributed by atoms with Crippen LogP contribution in [0.5, 0.6) is 5.75 Å². The molecule has 0 radical (unpaired) electrons. The SMILES string of the molecule is CC(C(=O)O)C1CCCCC1.COC(=O)CCC1CC(Cc2ccc(OC)cc2)CCC1=O. The second-order valence-corrected chi connectivity index (χ2v) is 9.50. The minimum atomic E-state index is -0.628. The van der Waals surface area contributed by atoms with Gasteiger partial charge in [0.2, 0.25) is 0 Å². The minimum Gasteiger partial charge on any atom is -0.497 e. The highest BCUT2D eigenvalue weighted by Gasteiger charge is 2.29. The molecule has 0 aliphatic heterocycles. The third-order valence-electron chi connectivity index (χ3n) is 7.23. The van der Waals surface area contributed by atoms with Crippen LogP contribution in [-0.4, -0.2) is 37.0 Å². The van der Waals surface area contributed by atoms with E-state index in [0.29, 0.717) is 36.9 Å². The van der Waals surface area contributed by atoms with Crippen molar-refractivity contribution in [3.05, 3.63) is 29.8 Å². The predicted octanol–water partition coefficient (Wildman–Crippen LogP) is 5.46. The first-order valence-electron chi connectivity index (χ1n) is 12.3. The molecule has 0 bridgehead atoms. The van der Waals surface area contributed by atoms with Gasteiger partial charge in [-0.1, -0.05) is 38.3 Å². The molecule has 2 aliphatic rings. The number of carboxylic acid groups (broad SMARTS) is 1. The average Bonchev–Trinajstić information content (AvgIpc) is 2.85. The van der Waals surface area contributed by atoms with Crippen molar-refractivity contribution < 1.29 is 29.0 Å². The Morgan fingerprint density at radius 2 is 1.73 bits per heavy atom. The predicted molar refractivity (Wildman–Crippen MR) is 127 cm³/mol. The maximum Gasteiger partial charge on any atom is 0.306 e. The summed E-state index contributed by atoms with van der Waals surface area (Å²) in [7, 11) is 3.05. The van der Waals surface area contributed by atoms with Gasteiger partial charge in [-0.2, -0.15) is 0 Å². The van der Waals surface area contributed by atoms with E-state index in [0.717, 1.165) is 37.9 Å². The van der Waals surface area contributed by atoms with E-state index in [2.05, 4.69) is 16.9 Å². The molecule has 0 spiro atoms. The first-order chi connectivity index (χ1) is 15.8. The number of ether oxygens (including phenoxy) is 2. The second-order valence-electron chi connectivity index (χ2n) is 9.50. The molecule has 1 aromatic carbocycles. The number of hydrogen-bond donors (Lipinski definition) is 1. The molecule has 0 aromatic heterocycles. The summed E-state index contributed by atoms with van der Waals surface area (Å²) in [6.07, 6.45) is 10.4. The summed E-state index contributed by atoms with van der Waals surface area (Å²) in [4.78, 5) is 33.9. The molecule has 0 amide bonds. The molecule has 2 saturated carbocycles. The Bertz CT molecular complexity index is 750. The van der Waals surface area contributed by atoms with Crippen LogP contribution < -0.4 is 4.74 Å². The van der Waals surface area contributed by atoms with Gasteiger partial charge in [-0.15, -0.1) is 0 Å². The minimum absolute atomic E-state index is 0.0103. The molecular formula is C27H40O6. The van der Waals surface area contributed by atoms with E-state index in [1.165, 1.54) is 31.9 Å². The quantitative estimate of drug-likeness (QED) is 0.518. The van der Waals surface area contributed by atoms with Crippen molar-refractivity contribution in [3.63, 3.8) is 0 Å². The monoisotopic (exact) mass is 460 g/mol. The van der Waals surface area contributed by atoms with Crippen molar-refractivity contribution in [2.75, 3.05) is 14.2 Å². The van der Waals surface area contributed by atoms with Crippen molar-refractivity contribution >= 4 is 17.7 Å². The van der Waals surface area contributed by atoms with Crippen molar-refractivity contribution in [3.8, 4) is 5.75 Å². The molecule has 2 fully saturated rings. The van der Waals surface area contributed by atoms with Crippen LogP contribution in [0.2, 0.25) is 0 Å². The molecule has 0 heterocycles. The lowest BCUT2D eigenvalue weighted by atomic mass is 9.76.